The van der Waals surface area contributed by atoms with Gasteiger partial charge in [0, 0.05) is 13.0 Å². The van der Waals surface area contributed by atoms with Crippen molar-refractivity contribution < 1.29 is 77.6 Å². The standard InChI is InChI=1S/C52H79N11O16/c1-27(2)16-19-79-31-14-12-30(13-15-31)22-35-47(73)59-38(25-43(68)69)50(76)60-37(24-42(66)67)49(75)55-32(10-7-8-17-53)44(70)56-33(20-28(3)4)45(71)58-36(23-41(54)65)48(74)57-34(21-29(5)6)46(72)62-39(26-64)52(78)63-18-9-11-40(63)51(77)61-35/h12-16,28-29,32-40,64H,7-11,17-26,53H2,1-6H3,(H2,54,65)(H,55,75)(H,56,70)(H,57,74)(H,58,71)(H,59,73)(H,60,76)(H,61,77)(H,62,72)(H,66,67)(H,68,69)/t32-,33-,34-,35-,36-,37-,38-,39-,40-/m0/s1. The maximum atomic E-state index is 14.4. The average Bonchev–Trinajstić information content (AvgIpc) is 3.90. The van der Waals surface area contributed by atoms with Gasteiger partial charge in [-0.05, 0) is 101 Å². The maximum absolute atomic E-state index is 14.4. The number of amides is 10. The number of nitrogens with one attached hydrogen (secondary N) is 8. The molecule has 438 valence electrons. The van der Waals surface area contributed by atoms with E-state index in [1.807, 2.05) is 19.9 Å². The Morgan fingerprint density at radius 2 is 1.05 bits per heavy atom. The van der Waals surface area contributed by atoms with Crippen molar-refractivity contribution in [2.75, 3.05) is 26.3 Å². The number of hydrogen-bond acceptors (Lipinski definition) is 15. The molecule has 0 saturated carbocycles. The number of rotatable bonds is 20. The third-order valence-electron chi connectivity index (χ3n) is 12.7. The average molecular weight is 1110 g/mol. The van der Waals surface area contributed by atoms with Crippen LogP contribution in [0.15, 0.2) is 35.9 Å². The highest BCUT2D eigenvalue weighted by Crippen LogP contribution is 2.21. The van der Waals surface area contributed by atoms with Crippen LogP contribution in [0.4, 0.5) is 0 Å². The highest BCUT2D eigenvalue weighted by molar-refractivity contribution is 6.01. The van der Waals surface area contributed by atoms with E-state index in [9.17, 15) is 72.9 Å². The maximum Gasteiger partial charge on any atom is 0.305 e. The molecule has 0 bridgehead atoms. The molecule has 0 radical (unpaired) electrons. The van der Waals surface area contributed by atoms with E-state index in [1.54, 1.807) is 52.0 Å². The van der Waals surface area contributed by atoms with E-state index >= 15 is 0 Å². The molecule has 0 spiro atoms. The number of carboxylic acid groups (broad SMARTS) is 2. The molecule has 2 aliphatic heterocycles. The molecule has 0 aromatic heterocycles. The minimum Gasteiger partial charge on any atom is -0.490 e. The predicted octanol–water partition coefficient (Wildman–Crippen LogP) is -2.50. The number of carbonyl (C=O) groups excluding carboxylic acids is 10. The van der Waals surface area contributed by atoms with Crippen LogP contribution in [0.1, 0.15) is 111 Å². The van der Waals surface area contributed by atoms with Gasteiger partial charge in [-0.15, -0.1) is 0 Å². The summed E-state index contributed by atoms with van der Waals surface area (Å²) in [5.41, 5.74) is 12.6. The van der Waals surface area contributed by atoms with Gasteiger partial charge in [-0.3, -0.25) is 57.5 Å². The molecular formula is C52H79N11O16. The van der Waals surface area contributed by atoms with Crippen LogP contribution in [0.5, 0.6) is 5.75 Å². The number of aliphatic hydroxyl groups is 1. The first-order valence-electron chi connectivity index (χ1n) is 26.3. The third-order valence-corrected chi connectivity index (χ3v) is 12.7. The molecule has 1 aromatic rings. The molecule has 79 heavy (non-hydrogen) atoms. The zero-order valence-corrected chi connectivity index (χ0v) is 45.6. The van der Waals surface area contributed by atoms with Gasteiger partial charge in [0.25, 0.3) is 0 Å². The topological polar surface area (TPSA) is 426 Å². The minimum atomic E-state index is -2.03. The molecule has 2 aliphatic rings. The number of fused-ring (bicyclic) bond motifs is 1. The van der Waals surface area contributed by atoms with E-state index in [-0.39, 0.29) is 76.5 Å². The first kappa shape index (κ1) is 65.6. The van der Waals surface area contributed by atoms with Crippen molar-refractivity contribution in [3.05, 3.63) is 41.5 Å². The summed E-state index contributed by atoms with van der Waals surface area (Å²) in [5, 5.41) is 49.7. The fourth-order valence-corrected chi connectivity index (χ4v) is 8.68. The smallest absolute Gasteiger partial charge is 0.305 e. The highest BCUT2D eigenvalue weighted by atomic mass is 16.5. The number of aliphatic hydroxyl groups excluding tert-OH is 1. The van der Waals surface area contributed by atoms with Crippen molar-refractivity contribution in [1.29, 1.82) is 0 Å². The third kappa shape index (κ3) is 22.3. The molecule has 1 aromatic carbocycles. The van der Waals surface area contributed by atoms with Gasteiger partial charge in [0.2, 0.25) is 59.1 Å². The molecular weight excluding hydrogens is 1030 g/mol. The second-order valence-electron chi connectivity index (χ2n) is 20.7. The van der Waals surface area contributed by atoms with Gasteiger partial charge in [0.05, 0.1) is 25.9 Å². The van der Waals surface area contributed by atoms with Gasteiger partial charge in [-0.1, -0.05) is 45.4 Å². The summed E-state index contributed by atoms with van der Waals surface area (Å²) in [6.07, 6.45) is -1.03. The number of allylic oxidation sites excluding steroid dienone is 1. The van der Waals surface area contributed by atoms with Gasteiger partial charge in [0.15, 0.2) is 0 Å². The number of aliphatic carboxylic acids is 2. The Labute approximate surface area is 458 Å². The molecule has 27 heteroatoms. The second kappa shape index (κ2) is 32.3. The Morgan fingerprint density at radius 1 is 0.620 bits per heavy atom. The molecule has 15 N–H and O–H groups in total. The quantitative estimate of drug-likeness (QED) is 0.0474. The largest absolute Gasteiger partial charge is 0.490 e. The number of hydrogen-bond donors (Lipinski definition) is 13. The zero-order chi connectivity index (χ0) is 59.1. The van der Waals surface area contributed by atoms with Crippen LogP contribution in [0.2, 0.25) is 0 Å². The number of nitrogens with zero attached hydrogens (tertiary/aromatic N) is 1. The minimum absolute atomic E-state index is 0.0266. The molecule has 27 nitrogen and oxygen atoms in total. The van der Waals surface area contributed by atoms with Crippen molar-refractivity contribution in [3.8, 4) is 5.75 Å². The monoisotopic (exact) mass is 1110 g/mol. The first-order chi connectivity index (χ1) is 37.2. The molecule has 9 atom stereocenters. The number of benzene rings is 1. The van der Waals surface area contributed by atoms with Crippen molar-refractivity contribution in [2.24, 2.45) is 23.3 Å². The van der Waals surface area contributed by atoms with Crippen LogP contribution in [0, 0.1) is 11.8 Å². The van der Waals surface area contributed by atoms with Gasteiger partial charge in [-0.25, -0.2) is 0 Å². The van der Waals surface area contributed by atoms with E-state index in [1.165, 1.54) is 0 Å². The summed E-state index contributed by atoms with van der Waals surface area (Å²) in [6.45, 7) is 9.96. The Hall–Kier alpha value is -7.68. The predicted molar refractivity (Wildman–Crippen MR) is 282 cm³/mol. The van der Waals surface area contributed by atoms with E-state index in [0.717, 1.165) is 10.5 Å². The Balaban J connectivity index is 2.23. The number of nitrogens with two attached hydrogens (primary N) is 2. The Kier molecular flexibility index (Phi) is 26.8. The van der Waals surface area contributed by atoms with Crippen molar-refractivity contribution in [2.45, 2.75) is 167 Å². The summed E-state index contributed by atoms with van der Waals surface area (Å²) in [7, 11) is 0. The van der Waals surface area contributed by atoms with Crippen LogP contribution < -0.4 is 58.7 Å². The number of unbranched alkanes of at least 4 members (excludes halogenated alkanes) is 1. The van der Waals surface area contributed by atoms with Crippen LogP contribution in [0.3, 0.4) is 0 Å². The molecule has 0 unspecified atom stereocenters. The van der Waals surface area contributed by atoms with Gasteiger partial charge in [-0.2, -0.15) is 0 Å². The lowest BCUT2D eigenvalue weighted by atomic mass is 10.00. The molecule has 2 fully saturated rings. The Bertz CT molecular complexity index is 2380. The van der Waals surface area contributed by atoms with Crippen LogP contribution >= 0.6 is 0 Å². The summed E-state index contributed by atoms with van der Waals surface area (Å²) in [6, 6.07) is -8.55. The lowest BCUT2D eigenvalue weighted by Crippen LogP contribution is -2.61. The van der Waals surface area contributed by atoms with E-state index < -0.39 is 151 Å². The molecule has 3 rings (SSSR count). The first-order valence-corrected chi connectivity index (χ1v) is 26.3. The van der Waals surface area contributed by atoms with E-state index in [4.69, 9.17) is 16.2 Å². The summed E-state index contributed by atoms with van der Waals surface area (Å²) >= 11 is 0. The molecule has 2 saturated heterocycles. The van der Waals surface area contributed by atoms with Crippen molar-refractivity contribution in [3.63, 3.8) is 0 Å². The Morgan fingerprint density at radius 3 is 1.51 bits per heavy atom. The van der Waals surface area contributed by atoms with E-state index in [2.05, 4.69) is 42.5 Å². The number of carboxylic acids is 2. The molecule has 10 amide bonds. The highest BCUT2D eigenvalue weighted by Gasteiger charge is 2.41. The van der Waals surface area contributed by atoms with Gasteiger partial charge >= 0.3 is 11.9 Å². The van der Waals surface area contributed by atoms with E-state index in [0.29, 0.717) is 17.7 Å². The SMILES string of the molecule is CC(C)=CCOc1ccc(C[C@@H]2NC(=O)[C@@H]3CCCN3C(=O)[C@H](CO)NC(=O)[C@H](CC(C)C)NC(=O)[C@H](CC(N)=O)NC(=O)[C@H](CC(C)C)NC(=O)[C@H](CCCCN)NC(=O)[C@H](CC(=O)O)NC(=O)[C@H](CC(=O)O)NC2=O)cc1. The summed E-state index contributed by atoms with van der Waals surface area (Å²) in [4.78, 5) is 165. The molecule has 2 heterocycles. The van der Waals surface area contributed by atoms with Crippen LogP contribution in [0.25, 0.3) is 0 Å². The lowest BCUT2D eigenvalue weighted by molar-refractivity contribution is -0.144. The fourth-order valence-electron chi connectivity index (χ4n) is 8.68. The van der Waals surface area contributed by atoms with Crippen LogP contribution in [-0.4, -0.2) is 172 Å². The fraction of sp³-hybridized carbons (Fsp3) is 0.615. The number of primary amides is 1. The second-order valence-corrected chi connectivity index (χ2v) is 20.7. The molecule has 0 aliphatic carbocycles. The normalized spacial score (nSPS) is 24.6. The summed E-state index contributed by atoms with van der Waals surface area (Å²) in [5.74, 6) is -14.1. The number of carbonyl (C=O) groups is 12. The lowest BCUT2D eigenvalue weighted by Gasteiger charge is -2.31. The van der Waals surface area contributed by atoms with Crippen molar-refractivity contribution >= 4 is 71.0 Å². The zero-order valence-electron chi connectivity index (χ0n) is 45.6. The van der Waals surface area contributed by atoms with Crippen molar-refractivity contribution in [1.82, 2.24) is 47.4 Å². The summed E-state index contributed by atoms with van der Waals surface area (Å²) < 4.78 is 5.74. The number of ether oxygens (including phenoxy) is 1. The van der Waals surface area contributed by atoms with Crippen LogP contribution in [-0.2, 0) is 64.0 Å². The van der Waals surface area contributed by atoms with Gasteiger partial charge < -0.3 is 79.0 Å². The van der Waals surface area contributed by atoms with Gasteiger partial charge in [0.1, 0.15) is 66.7 Å².